The summed E-state index contributed by atoms with van der Waals surface area (Å²) in [7, 11) is 0. The van der Waals surface area contributed by atoms with Gasteiger partial charge in [-0.15, -0.1) is 0 Å². The van der Waals surface area contributed by atoms with Gasteiger partial charge in [-0.2, -0.15) is 0 Å². The van der Waals surface area contributed by atoms with Gasteiger partial charge in [-0.25, -0.2) is 0 Å². The van der Waals surface area contributed by atoms with Crippen molar-refractivity contribution in [2.75, 3.05) is 0 Å². The highest BCUT2D eigenvalue weighted by Gasteiger charge is 2.11. The summed E-state index contributed by atoms with van der Waals surface area (Å²) in [6.07, 6.45) is 6.55. The summed E-state index contributed by atoms with van der Waals surface area (Å²) < 4.78 is 0. The van der Waals surface area contributed by atoms with Crippen molar-refractivity contribution in [1.82, 2.24) is 5.32 Å². The fraction of sp³-hybridized carbons (Fsp3) is 0.545. The monoisotopic (exact) mass is 211 g/mol. The van der Waals surface area contributed by atoms with Crippen LogP contribution in [0.2, 0.25) is 0 Å². The second kappa shape index (κ2) is 5.25. The van der Waals surface area contributed by atoms with E-state index < -0.39 is 0 Å². The van der Waals surface area contributed by atoms with E-state index in [4.69, 9.17) is 0 Å². The van der Waals surface area contributed by atoms with Gasteiger partial charge >= 0.3 is 0 Å². The minimum Gasteiger partial charge on any atom is -0.387 e. The van der Waals surface area contributed by atoms with Crippen LogP contribution in [0.25, 0.3) is 0 Å². The predicted octanol–water partition coefficient (Wildman–Crippen LogP) is 2.68. The quantitative estimate of drug-likeness (QED) is 0.775. The average molecular weight is 211 g/mol. The molecule has 0 aromatic rings. The van der Waals surface area contributed by atoms with Gasteiger partial charge in [0.1, 0.15) is 0 Å². The highest BCUT2D eigenvalue weighted by molar-refractivity contribution is 8.17. The van der Waals surface area contributed by atoms with Gasteiger partial charge in [0.15, 0.2) is 0 Å². The lowest BCUT2D eigenvalue weighted by atomic mass is 10.0. The lowest BCUT2D eigenvalue weighted by molar-refractivity contribution is -0.106. The number of hydrogen-bond donors (Lipinski definition) is 1. The molecule has 3 heteroatoms. The minimum absolute atomic E-state index is 0.120. The third-order valence-electron chi connectivity index (χ3n) is 2.59. The zero-order valence-electron chi connectivity index (χ0n) is 8.91. The van der Waals surface area contributed by atoms with Gasteiger partial charge in [0, 0.05) is 17.1 Å². The Hall–Kier alpha value is -0.700. The maximum absolute atomic E-state index is 10.9. The molecule has 0 aromatic heterocycles. The summed E-state index contributed by atoms with van der Waals surface area (Å²) in [4.78, 5) is 11.9. The number of allylic oxidation sites excluding steroid dienone is 1. The highest BCUT2D eigenvalue weighted by atomic mass is 32.2. The molecule has 78 valence electrons. The van der Waals surface area contributed by atoms with Crippen molar-refractivity contribution in [3.05, 3.63) is 23.3 Å². The van der Waals surface area contributed by atoms with E-state index in [9.17, 15) is 4.79 Å². The van der Waals surface area contributed by atoms with Crippen LogP contribution in [0.1, 0.15) is 27.2 Å². The Labute approximate surface area is 89.8 Å². The van der Waals surface area contributed by atoms with Crippen LogP contribution in [0.15, 0.2) is 23.3 Å². The Balaban J connectivity index is 2.39. The molecule has 0 saturated heterocycles. The molecule has 1 N–H and O–H groups in total. The molecule has 2 unspecified atom stereocenters. The Bertz CT molecular complexity index is 270. The van der Waals surface area contributed by atoms with Crippen LogP contribution in [0.5, 0.6) is 0 Å². The summed E-state index contributed by atoms with van der Waals surface area (Å²) in [6, 6.07) is 0.456. The maximum Gasteiger partial charge on any atom is 0.216 e. The van der Waals surface area contributed by atoms with E-state index in [2.05, 4.69) is 26.1 Å². The van der Waals surface area contributed by atoms with Crippen LogP contribution in [0.3, 0.4) is 0 Å². The first kappa shape index (κ1) is 11.4. The van der Waals surface area contributed by atoms with Crippen LogP contribution >= 0.6 is 11.8 Å². The summed E-state index contributed by atoms with van der Waals surface area (Å²) >= 11 is 1.28. The van der Waals surface area contributed by atoms with Crippen molar-refractivity contribution in [2.24, 2.45) is 5.92 Å². The first-order valence-corrected chi connectivity index (χ1v) is 5.81. The van der Waals surface area contributed by atoms with E-state index in [1.54, 1.807) is 6.08 Å². The molecule has 1 aliphatic heterocycles. The Morgan fingerprint density at radius 3 is 2.71 bits per heavy atom. The zero-order valence-corrected chi connectivity index (χ0v) is 9.73. The molecule has 1 rings (SSSR count). The highest BCUT2D eigenvalue weighted by Crippen LogP contribution is 2.24. The summed E-state index contributed by atoms with van der Waals surface area (Å²) in [5, 5.41) is 3.43. The molecule has 1 aliphatic rings. The second-order valence-corrected chi connectivity index (χ2v) is 4.72. The molecule has 0 bridgehead atoms. The average Bonchev–Trinajstić information content (AvgIpc) is 2.59. The van der Waals surface area contributed by atoms with E-state index in [1.165, 1.54) is 18.2 Å². The van der Waals surface area contributed by atoms with E-state index in [1.807, 2.05) is 12.3 Å². The summed E-state index contributed by atoms with van der Waals surface area (Å²) in [5.74, 6) is 0.651. The fourth-order valence-electron chi connectivity index (χ4n) is 1.14. The number of nitrogens with one attached hydrogen (secondary N) is 1. The number of thioether (sulfide) groups is 1. The molecule has 0 spiro atoms. The van der Waals surface area contributed by atoms with Crippen LogP contribution in [0.4, 0.5) is 0 Å². The van der Waals surface area contributed by atoms with Crippen LogP contribution in [0, 0.1) is 5.92 Å². The first-order chi connectivity index (χ1) is 6.63. The Morgan fingerprint density at radius 2 is 2.21 bits per heavy atom. The van der Waals surface area contributed by atoms with Crippen LogP contribution in [-0.4, -0.2) is 11.2 Å². The van der Waals surface area contributed by atoms with Gasteiger partial charge in [-0.3, -0.25) is 4.79 Å². The number of carbonyl (C=O) groups excluding carboxylic acids is 1. The molecule has 0 radical (unpaired) electrons. The fourth-order valence-corrected chi connectivity index (χ4v) is 1.77. The van der Waals surface area contributed by atoms with Crippen LogP contribution < -0.4 is 5.32 Å². The van der Waals surface area contributed by atoms with Gasteiger partial charge in [0.05, 0.1) is 0 Å². The Kier molecular flexibility index (Phi) is 4.26. The molecule has 2 nitrogen and oxygen atoms in total. The largest absolute Gasteiger partial charge is 0.387 e. The van der Waals surface area contributed by atoms with E-state index >= 15 is 0 Å². The molecule has 0 amide bonds. The third kappa shape index (κ3) is 3.22. The number of hydrogen-bond acceptors (Lipinski definition) is 3. The first-order valence-electron chi connectivity index (χ1n) is 4.99. The van der Waals surface area contributed by atoms with E-state index in [0.29, 0.717) is 12.0 Å². The predicted molar refractivity (Wildman–Crippen MR) is 61.9 cm³/mol. The smallest absolute Gasteiger partial charge is 0.216 e. The number of carbonyl (C=O) groups is 1. The summed E-state index contributed by atoms with van der Waals surface area (Å²) in [6.45, 7) is 6.57. The zero-order chi connectivity index (χ0) is 10.6. The molecule has 0 saturated carbocycles. The van der Waals surface area contributed by atoms with Crippen molar-refractivity contribution < 1.29 is 4.79 Å². The van der Waals surface area contributed by atoms with Crippen LogP contribution in [-0.2, 0) is 4.79 Å². The van der Waals surface area contributed by atoms with Gasteiger partial charge in [-0.05, 0) is 36.8 Å². The van der Waals surface area contributed by atoms with Gasteiger partial charge in [-0.1, -0.05) is 20.3 Å². The molecule has 14 heavy (non-hydrogen) atoms. The standard InChI is InChI=1S/C11H17NOS/c1-4-8(2)9(3)12-7-10-5-6-11(13)14-10/h5-9,12H,4H2,1-3H3/b10-7-. The summed E-state index contributed by atoms with van der Waals surface area (Å²) in [5.41, 5.74) is 0. The minimum atomic E-state index is 0.120. The van der Waals surface area contributed by atoms with Gasteiger partial charge < -0.3 is 5.32 Å². The van der Waals surface area contributed by atoms with Crippen molar-refractivity contribution in [3.63, 3.8) is 0 Å². The molecule has 0 aromatic carbocycles. The normalized spacial score (nSPS) is 22.8. The Morgan fingerprint density at radius 1 is 1.50 bits per heavy atom. The molecule has 0 aliphatic carbocycles. The third-order valence-corrected chi connectivity index (χ3v) is 3.42. The second-order valence-electron chi connectivity index (χ2n) is 3.64. The lowest BCUT2D eigenvalue weighted by Crippen LogP contribution is -2.27. The van der Waals surface area contributed by atoms with E-state index in [0.717, 1.165) is 4.91 Å². The topological polar surface area (TPSA) is 29.1 Å². The van der Waals surface area contributed by atoms with Crippen molar-refractivity contribution in [3.8, 4) is 0 Å². The van der Waals surface area contributed by atoms with Crippen molar-refractivity contribution >= 4 is 16.9 Å². The molecular formula is C11H17NOS. The molecule has 1 heterocycles. The van der Waals surface area contributed by atoms with E-state index in [-0.39, 0.29) is 5.12 Å². The lowest BCUT2D eigenvalue weighted by Gasteiger charge is -2.18. The van der Waals surface area contributed by atoms with Gasteiger partial charge in [0.2, 0.25) is 5.12 Å². The molecule has 2 atom stereocenters. The maximum atomic E-state index is 10.9. The molecule has 0 fully saturated rings. The SMILES string of the molecule is CCC(C)C(C)N/C=C1/C=CC(=O)S1. The van der Waals surface area contributed by atoms with Crippen molar-refractivity contribution in [2.45, 2.75) is 33.2 Å². The van der Waals surface area contributed by atoms with Gasteiger partial charge in [0.25, 0.3) is 0 Å². The number of rotatable bonds is 4. The van der Waals surface area contributed by atoms with Crippen molar-refractivity contribution in [1.29, 1.82) is 0 Å². The molecular weight excluding hydrogens is 194 g/mol.